The Bertz CT molecular complexity index is 1540. The van der Waals surface area contributed by atoms with Crippen LogP contribution in [0.3, 0.4) is 0 Å². The van der Waals surface area contributed by atoms with E-state index in [0.29, 0.717) is 17.7 Å². The first-order valence-electron chi connectivity index (χ1n) is 12.3. The molecule has 1 saturated heterocycles. The number of carbonyl (C=O) groups is 1. The molecule has 1 N–H and O–H groups in total. The van der Waals surface area contributed by atoms with Crippen LogP contribution in [0.2, 0.25) is 0 Å². The van der Waals surface area contributed by atoms with Gasteiger partial charge in [0.2, 0.25) is 5.91 Å². The summed E-state index contributed by atoms with van der Waals surface area (Å²) in [4.78, 5) is 14.8. The summed E-state index contributed by atoms with van der Waals surface area (Å²) in [6.45, 7) is 0. The Morgan fingerprint density at radius 3 is 2.03 bits per heavy atom. The Kier molecular flexibility index (Phi) is 7.45. The molecular formula is C30H25F2NO5S. The van der Waals surface area contributed by atoms with Gasteiger partial charge in [0.15, 0.2) is 0 Å². The van der Waals surface area contributed by atoms with Gasteiger partial charge in [0.1, 0.15) is 22.3 Å². The molecule has 0 aliphatic carbocycles. The summed E-state index contributed by atoms with van der Waals surface area (Å²) in [6.07, 6.45) is -0.259. The highest BCUT2D eigenvalue weighted by Gasteiger charge is 2.48. The SMILES string of the molecule is O=C1C(CC[C@H](O)c2ccc(F)cc2)[C@@H](c2ccc(OS(=O)(=O)c3ccccc3)cc2)N1c1ccc(F)cc1. The second kappa shape index (κ2) is 11.0. The van der Waals surface area contributed by atoms with E-state index < -0.39 is 39.8 Å². The predicted octanol–water partition coefficient (Wildman–Crippen LogP) is 5.95. The fourth-order valence-corrected chi connectivity index (χ4v) is 5.72. The number of anilines is 1. The van der Waals surface area contributed by atoms with Crippen molar-refractivity contribution in [3.8, 4) is 5.75 Å². The monoisotopic (exact) mass is 549 g/mol. The van der Waals surface area contributed by atoms with Crippen molar-refractivity contribution in [1.82, 2.24) is 0 Å². The molecule has 0 spiro atoms. The Morgan fingerprint density at radius 1 is 0.821 bits per heavy atom. The number of rotatable bonds is 9. The first-order chi connectivity index (χ1) is 18.7. The van der Waals surface area contributed by atoms with Gasteiger partial charge >= 0.3 is 10.1 Å². The van der Waals surface area contributed by atoms with E-state index in [1.54, 1.807) is 35.2 Å². The van der Waals surface area contributed by atoms with Gasteiger partial charge in [-0.1, -0.05) is 42.5 Å². The maximum absolute atomic E-state index is 13.5. The second-order valence-electron chi connectivity index (χ2n) is 9.30. The Balaban J connectivity index is 1.37. The zero-order valence-corrected chi connectivity index (χ0v) is 21.5. The molecule has 200 valence electrons. The average molecular weight is 550 g/mol. The number of β-lactam (4-membered cyclic amide) rings is 1. The quantitative estimate of drug-likeness (QED) is 0.206. The molecule has 4 aromatic carbocycles. The van der Waals surface area contributed by atoms with Crippen molar-refractivity contribution in [2.45, 2.75) is 29.9 Å². The molecule has 1 amide bonds. The fourth-order valence-electron chi connectivity index (χ4n) is 4.77. The number of aliphatic hydroxyl groups excluding tert-OH is 1. The molecule has 1 heterocycles. The van der Waals surface area contributed by atoms with E-state index in [2.05, 4.69) is 0 Å². The molecule has 0 radical (unpaired) electrons. The van der Waals surface area contributed by atoms with Gasteiger partial charge in [-0.05, 0) is 84.6 Å². The smallest absolute Gasteiger partial charge is 0.339 e. The lowest BCUT2D eigenvalue weighted by Gasteiger charge is -2.48. The third kappa shape index (κ3) is 5.69. The second-order valence-corrected chi connectivity index (χ2v) is 10.8. The summed E-state index contributed by atoms with van der Waals surface area (Å²) >= 11 is 0. The van der Waals surface area contributed by atoms with Crippen molar-refractivity contribution in [2.75, 3.05) is 4.90 Å². The zero-order valence-electron chi connectivity index (χ0n) is 20.7. The largest absolute Gasteiger partial charge is 0.388 e. The minimum absolute atomic E-state index is 0.0286. The molecule has 1 fully saturated rings. The molecule has 4 aromatic rings. The minimum Gasteiger partial charge on any atom is -0.388 e. The van der Waals surface area contributed by atoms with E-state index in [9.17, 15) is 27.1 Å². The van der Waals surface area contributed by atoms with Crippen molar-refractivity contribution >= 4 is 21.7 Å². The van der Waals surface area contributed by atoms with Crippen LogP contribution < -0.4 is 9.08 Å². The number of halogens is 2. The fraction of sp³-hybridized carbons (Fsp3) is 0.167. The molecule has 1 aliphatic heterocycles. The van der Waals surface area contributed by atoms with Crippen molar-refractivity contribution in [3.05, 3.63) is 126 Å². The van der Waals surface area contributed by atoms with Crippen LogP contribution in [0.5, 0.6) is 5.75 Å². The van der Waals surface area contributed by atoms with Crippen molar-refractivity contribution in [3.63, 3.8) is 0 Å². The van der Waals surface area contributed by atoms with Gasteiger partial charge in [0, 0.05) is 5.69 Å². The van der Waals surface area contributed by atoms with Crippen LogP contribution >= 0.6 is 0 Å². The van der Waals surface area contributed by atoms with Gasteiger partial charge in [-0.25, -0.2) is 8.78 Å². The summed E-state index contributed by atoms with van der Waals surface area (Å²) in [5.41, 5.74) is 1.80. The third-order valence-corrected chi connectivity index (χ3v) is 8.05. The van der Waals surface area contributed by atoms with Crippen molar-refractivity contribution in [2.24, 2.45) is 5.92 Å². The molecule has 0 aromatic heterocycles. The van der Waals surface area contributed by atoms with Gasteiger partial charge < -0.3 is 14.2 Å². The highest BCUT2D eigenvalue weighted by molar-refractivity contribution is 7.87. The summed E-state index contributed by atoms with van der Waals surface area (Å²) in [5.74, 6) is -1.37. The summed E-state index contributed by atoms with van der Waals surface area (Å²) in [6, 6.07) is 24.9. The van der Waals surface area contributed by atoms with Crippen LogP contribution in [-0.2, 0) is 14.9 Å². The van der Waals surface area contributed by atoms with Crippen LogP contribution in [0.4, 0.5) is 14.5 Å². The van der Waals surface area contributed by atoms with Crippen LogP contribution in [-0.4, -0.2) is 19.4 Å². The van der Waals surface area contributed by atoms with E-state index in [0.717, 1.165) is 5.56 Å². The van der Waals surface area contributed by atoms with E-state index in [1.165, 1.54) is 72.8 Å². The van der Waals surface area contributed by atoms with Crippen LogP contribution in [0.1, 0.15) is 36.1 Å². The van der Waals surface area contributed by atoms with Gasteiger partial charge in [0.05, 0.1) is 18.1 Å². The van der Waals surface area contributed by atoms with Gasteiger partial charge in [0.25, 0.3) is 0 Å². The number of nitrogens with zero attached hydrogens (tertiary/aromatic N) is 1. The first-order valence-corrected chi connectivity index (χ1v) is 13.8. The Morgan fingerprint density at radius 2 is 1.41 bits per heavy atom. The third-order valence-electron chi connectivity index (χ3n) is 6.78. The van der Waals surface area contributed by atoms with Crippen molar-refractivity contribution < 1.29 is 31.3 Å². The van der Waals surface area contributed by atoms with E-state index >= 15 is 0 Å². The number of amides is 1. The minimum atomic E-state index is -4.01. The lowest BCUT2D eigenvalue weighted by Crippen LogP contribution is -2.55. The van der Waals surface area contributed by atoms with E-state index in [1.807, 2.05) is 0 Å². The lowest BCUT2D eigenvalue weighted by molar-refractivity contribution is -0.131. The molecule has 0 bridgehead atoms. The maximum Gasteiger partial charge on any atom is 0.339 e. The molecular weight excluding hydrogens is 524 g/mol. The molecule has 3 atom stereocenters. The average Bonchev–Trinajstić information content (AvgIpc) is 2.94. The number of hydrogen-bond donors (Lipinski definition) is 1. The maximum atomic E-state index is 13.5. The first kappa shape index (κ1) is 26.5. The topological polar surface area (TPSA) is 83.9 Å². The molecule has 1 unspecified atom stereocenters. The summed E-state index contributed by atoms with van der Waals surface area (Å²) in [5, 5.41) is 10.6. The number of carbonyl (C=O) groups excluding carboxylic acids is 1. The normalized spacial score (nSPS) is 17.9. The Hall–Kier alpha value is -4.08. The number of hydrogen-bond acceptors (Lipinski definition) is 5. The number of benzene rings is 4. The molecule has 6 nitrogen and oxygen atoms in total. The molecule has 1 aliphatic rings. The van der Waals surface area contributed by atoms with Gasteiger partial charge in [-0.15, -0.1) is 0 Å². The van der Waals surface area contributed by atoms with Gasteiger partial charge in [-0.2, -0.15) is 8.42 Å². The highest BCUT2D eigenvalue weighted by atomic mass is 32.2. The highest BCUT2D eigenvalue weighted by Crippen LogP contribution is 2.46. The molecule has 0 saturated carbocycles. The standard InChI is InChI=1S/C30H25F2NO5S/c31-22-10-6-20(7-11-22)28(34)19-18-27-29(33(30(27)35)24-14-12-23(32)13-15-24)21-8-16-25(17-9-21)38-39(36,37)26-4-2-1-3-5-26/h1-17,27-29,34H,18-19H2/t27?,28-,29+/m0/s1. The molecule has 5 rings (SSSR count). The van der Waals surface area contributed by atoms with Gasteiger partial charge in [-0.3, -0.25) is 4.79 Å². The van der Waals surface area contributed by atoms with Crippen LogP contribution in [0.25, 0.3) is 0 Å². The summed E-state index contributed by atoms with van der Waals surface area (Å²) in [7, 11) is -4.01. The summed E-state index contributed by atoms with van der Waals surface area (Å²) < 4.78 is 57.2. The zero-order chi connectivity index (χ0) is 27.6. The van der Waals surface area contributed by atoms with Crippen LogP contribution in [0, 0.1) is 17.6 Å². The number of aliphatic hydroxyl groups is 1. The van der Waals surface area contributed by atoms with Crippen LogP contribution in [0.15, 0.2) is 108 Å². The molecule has 9 heteroatoms. The van der Waals surface area contributed by atoms with E-state index in [-0.39, 0.29) is 23.0 Å². The van der Waals surface area contributed by atoms with E-state index in [4.69, 9.17) is 4.18 Å². The predicted molar refractivity (Wildman–Crippen MR) is 141 cm³/mol. The lowest BCUT2D eigenvalue weighted by atomic mass is 9.78. The molecule has 39 heavy (non-hydrogen) atoms. The Labute approximate surface area is 225 Å². The van der Waals surface area contributed by atoms with Crippen molar-refractivity contribution in [1.29, 1.82) is 0 Å².